The smallest absolute Gasteiger partial charge is 0.244 e. The van der Waals surface area contributed by atoms with Gasteiger partial charge >= 0.3 is 0 Å². The van der Waals surface area contributed by atoms with Gasteiger partial charge in [-0.3, -0.25) is 4.79 Å². The highest BCUT2D eigenvalue weighted by atomic mass is 16.2. The van der Waals surface area contributed by atoms with E-state index in [-0.39, 0.29) is 12.5 Å². The van der Waals surface area contributed by atoms with Gasteiger partial charge in [-0.2, -0.15) is 10.2 Å². The number of hydrogen-bond donors (Lipinski definition) is 0. The lowest BCUT2D eigenvalue weighted by atomic mass is 10.3. The number of amides is 1. The molecule has 27 heavy (non-hydrogen) atoms. The predicted molar refractivity (Wildman–Crippen MR) is 97.4 cm³/mol. The topological polar surface area (TPSA) is 97.9 Å². The second kappa shape index (κ2) is 7.14. The van der Waals surface area contributed by atoms with E-state index in [0.29, 0.717) is 13.1 Å². The zero-order valence-electron chi connectivity index (χ0n) is 15.4. The van der Waals surface area contributed by atoms with Crippen LogP contribution >= 0.6 is 0 Å². The molecule has 1 amide bonds. The molecule has 3 aromatic heterocycles. The fourth-order valence-electron chi connectivity index (χ4n) is 3.22. The molecule has 10 heteroatoms. The summed E-state index contributed by atoms with van der Waals surface area (Å²) in [6, 6.07) is 3.95. The SMILES string of the molecule is Cc1cc(C)n(-c2cc(N3CCN(C(=O)Cn4cncn4)CC3)ncn2)n1. The van der Waals surface area contributed by atoms with Crippen LogP contribution in [0.4, 0.5) is 5.82 Å². The van der Waals surface area contributed by atoms with Crippen LogP contribution in [-0.4, -0.2) is 71.5 Å². The summed E-state index contributed by atoms with van der Waals surface area (Å²) in [7, 11) is 0. The maximum absolute atomic E-state index is 12.4. The van der Waals surface area contributed by atoms with E-state index in [1.807, 2.05) is 35.6 Å². The van der Waals surface area contributed by atoms with E-state index >= 15 is 0 Å². The second-order valence-electron chi connectivity index (χ2n) is 6.53. The highest BCUT2D eigenvalue weighted by molar-refractivity contribution is 5.76. The van der Waals surface area contributed by atoms with E-state index in [0.717, 1.165) is 36.1 Å². The van der Waals surface area contributed by atoms with E-state index in [9.17, 15) is 4.79 Å². The minimum absolute atomic E-state index is 0.0474. The summed E-state index contributed by atoms with van der Waals surface area (Å²) in [6.45, 7) is 6.91. The van der Waals surface area contributed by atoms with Gasteiger partial charge in [0, 0.05) is 37.9 Å². The number of aromatic nitrogens is 7. The van der Waals surface area contributed by atoms with Crippen molar-refractivity contribution in [1.82, 2.24) is 39.4 Å². The quantitative estimate of drug-likeness (QED) is 0.650. The number of nitrogens with zero attached hydrogens (tertiary/aromatic N) is 9. The third-order valence-corrected chi connectivity index (χ3v) is 4.59. The molecular formula is C17H21N9O. The van der Waals surface area contributed by atoms with Gasteiger partial charge in [0.05, 0.1) is 5.69 Å². The normalized spacial score (nSPS) is 14.6. The van der Waals surface area contributed by atoms with Crippen molar-refractivity contribution in [2.24, 2.45) is 0 Å². The average molecular weight is 367 g/mol. The van der Waals surface area contributed by atoms with Gasteiger partial charge in [-0.1, -0.05) is 0 Å². The molecule has 0 unspecified atom stereocenters. The molecular weight excluding hydrogens is 346 g/mol. The highest BCUT2D eigenvalue weighted by Crippen LogP contribution is 2.17. The summed E-state index contributed by atoms with van der Waals surface area (Å²) < 4.78 is 3.36. The molecule has 1 fully saturated rings. The fourth-order valence-corrected chi connectivity index (χ4v) is 3.22. The van der Waals surface area contributed by atoms with Crippen LogP contribution in [0.5, 0.6) is 0 Å². The Balaban J connectivity index is 1.42. The number of aryl methyl sites for hydroxylation is 2. The summed E-state index contributed by atoms with van der Waals surface area (Å²) in [6.07, 6.45) is 4.54. The molecule has 4 rings (SSSR count). The van der Waals surface area contributed by atoms with Crippen LogP contribution in [-0.2, 0) is 11.3 Å². The second-order valence-corrected chi connectivity index (χ2v) is 6.53. The van der Waals surface area contributed by atoms with Crippen molar-refractivity contribution in [3.8, 4) is 5.82 Å². The summed E-state index contributed by atoms with van der Waals surface area (Å²) in [5, 5.41) is 8.46. The first-order valence-electron chi connectivity index (χ1n) is 8.81. The summed E-state index contributed by atoms with van der Waals surface area (Å²) in [5.41, 5.74) is 1.98. The Labute approximate surface area is 156 Å². The zero-order chi connectivity index (χ0) is 18.8. The molecule has 0 atom stereocenters. The Morgan fingerprint density at radius 3 is 2.48 bits per heavy atom. The maximum atomic E-state index is 12.4. The molecule has 1 saturated heterocycles. The van der Waals surface area contributed by atoms with E-state index in [2.05, 4.69) is 30.0 Å². The Bertz CT molecular complexity index is 926. The van der Waals surface area contributed by atoms with Crippen molar-refractivity contribution >= 4 is 11.7 Å². The third kappa shape index (κ3) is 3.64. The number of carbonyl (C=O) groups is 1. The number of piperazine rings is 1. The summed E-state index contributed by atoms with van der Waals surface area (Å²) in [5.74, 6) is 1.64. The van der Waals surface area contributed by atoms with Gasteiger partial charge in [-0.15, -0.1) is 0 Å². The van der Waals surface area contributed by atoms with Crippen LogP contribution in [0.2, 0.25) is 0 Å². The van der Waals surface area contributed by atoms with Crippen LogP contribution in [0.15, 0.2) is 31.1 Å². The van der Waals surface area contributed by atoms with Crippen LogP contribution in [0.25, 0.3) is 5.82 Å². The van der Waals surface area contributed by atoms with Crippen molar-refractivity contribution < 1.29 is 4.79 Å². The maximum Gasteiger partial charge on any atom is 0.244 e. The Morgan fingerprint density at radius 1 is 1.04 bits per heavy atom. The van der Waals surface area contributed by atoms with Gasteiger partial charge in [-0.25, -0.2) is 24.3 Å². The molecule has 0 bridgehead atoms. The Hall–Kier alpha value is -3.30. The molecule has 0 spiro atoms. The van der Waals surface area contributed by atoms with Crippen LogP contribution in [0.1, 0.15) is 11.4 Å². The standard InChI is InChI=1S/C17H21N9O/c1-13-7-14(2)26(22-13)16-8-15(19-11-20-16)23-3-5-24(6-4-23)17(27)9-25-12-18-10-21-25/h7-8,10-12H,3-6,9H2,1-2H3. The lowest BCUT2D eigenvalue weighted by molar-refractivity contribution is -0.132. The first kappa shape index (κ1) is 17.1. The highest BCUT2D eigenvalue weighted by Gasteiger charge is 2.22. The Kier molecular flexibility index (Phi) is 4.53. The monoisotopic (exact) mass is 367 g/mol. The van der Waals surface area contributed by atoms with E-state index in [1.165, 1.54) is 6.33 Å². The third-order valence-electron chi connectivity index (χ3n) is 4.59. The van der Waals surface area contributed by atoms with Crippen LogP contribution in [0, 0.1) is 13.8 Å². The van der Waals surface area contributed by atoms with Gasteiger partial charge in [0.2, 0.25) is 5.91 Å². The first-order chi connectivity index (χ1) is 13.1. The van der Waals surface area contributed by atoms with Gasteiger partial charge in [0.15, 0.2) is 5.82 Å². The van der Waals surface area contributed by atoms with Crippen LogP contribution < -0.4 is 4.90 Å². The van der Waals surface area contributed by atoms with Crippen molar-refractivity contribution in [3.05, 3.63) is 42.5 Å². The largest absolute Gasteiger partial charge is 0.353 e. The molecule has 10 nitrogen and oxygen atoms in total. The molecule has 0 aromatic carbocycles. The van der Waals surface area contributed by atoms with Gasteiger partial charge in [0.25, 0.3) is 0 Å². The lowest BCUT2D eigenvalue weighted by Crippen LogP contribution is -2.49. The molecule has 3 aromatic rings. The summed E-state index contributed by atoms with van der Waals surface area (Å²) >= 11 is 0. The number of rotatable bonds is 4. The van der Waals surface area contributed by atoms with Gasteiger partial charge in [0.1, 0.15) is 31.3 Å². The van der Waals surface area contributed by atoms with Crippen molar-refractivity contribution in [1.29, 1.82) is 0 Å². The average Bonchev–Trinajstić information content (AvgIpc) is 3.31. The van der Waals surface area contributed by atoms with Crippen molar-refractivity contribution in [3.63, 3.8) is 0 Å². The molecule has 0 radical (unpaired) electrons. The van der Waals surface area contributed by atoms with E-state index in [4.69, 9.17) is 0 Å². The minimum Gasteiger partial charge on any atom is -0.353 e. The van der Waals surface area contributed by atoms with E-state index in [1.54, 1.807) is 17.3 Å². The fraction of sp³-hybridized carbons (Fsp3) is 0.412. The minimum atomic E-state index is 0.0474. The molecule has 0 aliphatic carbocycles. The van der Waals surface area contributed by atoms with Crippen molar-refractivity contribution in [2.75, 3.05) is 31.1 Å². The lowest BCUT2D eigenvalue weighted by Gasteiger charge is -2.35. The Morgan fingerprint density at radius 2 is 1.81 bits per heavy atom. The molecule has 1 aliphatic heterocycles. The summed E-state index contributed by atoms with van der Waals surface area (Å²) in [4.78, 5) is 29.0. The number of anilines is 1. The number of carbonyl (C=O) groups excluding carboxylic acids is 1. The first-order valence-corrected chi connectivity index (χ1v) is 8.81. The molecule has 4 heterocycles. The van der Waals surface area contributed by atoms with Gasteiger partial charge in [-0.05, 0) is 19.9 Å². The molecule has 140 valence electrons. The molecule has 0 saturated carbocycles. The molecule has 0 N–H and O–H groups in total. The molecule has 1 aliphatic rings. The number of hydrogen-bond acceptors (Lipinski definition) is 7. The zero-order valence-corrected chi connectivity index (χ0v) is 15.4. The predicted octanol–water partition coefficient (Wildman–Crippen LogP) is 0.219. The van der Waals surface area contributed by atoms with E-state index < -0.39 is 0 Å². The van der Waals surface area contributed by atoms with Crippen LogP contribution in [0.3, 0.4) is 0 Å². The van der Waals surface area contributed by atoms with Gasteiger partial charge < -0.3 is 9.80 Å². The van der Waals surface area contributed by atoms with Crippen molar-refractivity contribution in [2.45, 2.75) is 20.4 Å².